The lowest BCUT2D eigenvalue weighted by atomic mass is 9.83. The summed E-state index contributed by atoms with van der Waals surface area (Å²) in [6.45, 7) is 0. The highest BCUT2D eigenvalue weighted by atomic mass is 16.2. The summed E-state index contributed by atoms with van der Waals surface area (Å²) in [4.78, 5) is 25.5. The first-order valence-electron chi connectivity index (χ1n) is 6.78. The Hall–Kier alpha value is -1.10. The molecule has 5 nitrogen and oxygen atoms in total. The quantitative estimate of drug-likeness (QED) is 0.683. The Balaban J connectivity index is 1.75. The summed E-state index contributed by atoms with van der Waals surface area (Å²) in [6.07, 6.45) is 5.22. The number of piperidine rings is 1. The number of hydrogen-bond acceptors (Lipinski definition) is 3. The van der Waals surface area contributed by atoms with Gasteiger partial charge in [0.25, 0.3) is 0 Å². The molecule has 5 heteroatoms. The van der Waals surface area contributed by atoms with Crippen LogP contribution in [-0.4, -0.2) is 35.8 Å². The molecule has 18 heavy (non-hydrogen) atoms. The Bertz CT molecular complexity index is 381. The van der Waals surface area contributed by atoms with E-state index in [-0.39, 0.29) is 5.92 Å². The highest BCUT2D eigenvalue weighted by Crippen LogP contribution is 2.60. The van der Waals surface area contributed by atoms with Crippen molar-refractivity contribution < 1.29 is 9.59 Å². The van der Waals surface area contributed by atoms with E-state index in [1.807, 2.05) is 0 Å². The summed E-state index contributed by atoms with van der Waals surface area (Å²) in [5, 5.41) is 0. The van der Waals surface area contributed by atoms with E-state index in [0.29, 0.717) is 24.4 Å². The van der Waals surface area contributed by atoms with Crippen LogP contribution in [0.2, 0.25) is 0 Å². The summed E-state index contributed by atoms with van der Waals surface area (Å²) < 4.78 is 0. The lowest BCUT2D eigenvalue weighted by molar-refractivity contribution is -0.134. The minimum absolute atomic E-state index is 0.101. The number of hydrogen-bond donors (Lipinski definition) is 2. The third-order valence-corrected chi connectivity index (χ3v) is 5.60. The van der Waals surface area contributed by atoms with Crippen LogP contribution in [0.1, 0.15) is 32.1 Å². The molecule has 0 aromatic heterocycles. The highest BCUT2D eigenvalue weighted by Gasteiger charge is 2.67. The molecule has 2 aliphatic heterocycles. The van der Waals surface area contributed by atoms with Crippen molar-refractivity contribution in [3.63, 3.8) is 0 Å². The largest absolute Gasteiger partial charge is 0.369 e. The summed E-state index contributed by atoms with van der Waals surface area (Å²) in [5.74, 6) is -0.499. The van der Waals surface area contributed by atoms with Gasteiger partial charge in [0.05, 0.1) is 0 Å². The number of carbonyl (C=O) groups excluding carboxylic acids is 2. The van der Waals surface area contributed by atoms with Gasteiger partial charge < -0.3 is 16.4 Å². The number of rotatable bonds is 3. The number of nitrogens with two attached hydrogens (primary N) is 2. The van der Waals surface area contributed by atoms with Gasteiger partial charge in [0.15, 0.2) is 0 Å². The molecule has 4 N–H and O–H groups in total. The molecule has 0 aromatic carbocycles. The van der Waals surface area contributed by atoms with Gasteiger partial charge in [-0.1, -0.05) is 0 Å². The summed E-state index contributed by atoms with van der Waals surface area (Å²) in [5.41, 5.74) is 9.76. The standard InChI is InChI=1S/C13H21N3O2/c1-16-8-2-3-9(16)5-7(4-8)10-6-13(10,11(14)17)12(15)18/h7-10H,2-6H2,1H3,(H2,14,17)(H2,15,18)/t7-,8-,9+,10?. The predicted octanol–water partition coefficient (Wildman–Crippen LogP) is -0.164. The molecule has 3 rings (SSSR count). The van der Waals surface area contributed by atoms with Crippen LogP contribution in [-0.2, 0) is 9.59 Å². The minimum Gasteiger partial charge on any atom is -0.369 e. The predicted molar refractivity (Wildman–Crippen MR) is 66.2 cm³/mol. The van der Waals surface area contributed by atoms with Crippen molar-refractivity contribution in [2.45, 2.75) is 44.2 Å². The first-order chi connectivity index (χ1) is 8.46. The normalized spacial score (nSPS) is 41.6. The van der Waals surface area contributed by atoms with Gasteiger partial charge in [0.1, 0.15) is 5.41 Å². The second-order valence-corrected chi connectivity index (χ2v) is 6.29. The Morgan fingerprint density at radius 2 is 1.61 bits per heavy atom. The monoisotopic (exact) mass is 251 g/mol. The van der Waals surface area contributed by atoms with Gasteiger partial charge in [-0.25, -0.2) is 0 Å². The molecule has 1 saturated carbocycles. The molecule has 1 unspecified atom stereocenters. The van der Waals surface area contributed by atoms with Crippen molar-refractivity contribution in [3.8, 4) is 0 Å². The first kappa shape index (κ1) is 12.0. The van der Waals surface area contributed by atoms with Crippen LogP contribution in [0.3, 0.4) is 0 Å². The number of primary amides is 2. The SMILES string of the molecule is CN1[C@@H]2CC[C@H]1C[C@H](C1CC1(C(N)=O)C(N)=O)C2. The molecule has 2 heterocycles. The van der Waals surface area contributed by atoms with Crippen LogP contribution in [0, 0.1) is 17.3 Å². The summed E-state index contributed by atoms with van der Waals surface area (Å²) >= 11 is 0. The number of fused-ring (bicyclic) bond motifs is 2. The topological polar surface area (TPSA) is 89.4 Å². The number of nitrogens with zero attached hydrogens (tertiary/aromatic N) is 1. The van der Waals surface area contributed by atoms with Crippen LogP contribution in [0.5, 0.6) is 0 Å². The van der Waals surface area contributed by atoms with Crippen LogP contribution in [0.15, 0.2) is 0 Å². The molecule has 1 aliphatic carbocycles. The van der Waals surface area contributed by atoms with Gasteiger partial charge in [0.2, 0.25) is 11.8 Å². The number of amides is 2. The van der Waals surface area contributed by atoms with Gasteiger partial charge in [-0.15, -0.1) is 0 Å². The maximum atomic E-state index is 11.5. The minimum atomic E-state index is -1.03. The zero-order valence-corrected chi connectivity index (χ0v) is 10.8. The van der Waals surface area contributed by atoms with Crippen molar-refractivity contribution in [2.75, 3.05) is 7.05 Å². The van der Waals surface area contributed by atoms with E-state index < -0.39 is 17.2 Å². The van der Waals surface area contributed by atoms with Gasteiger partial charge in [-0.2, -0.15) is 0 Å². The van der Waals surface area contributed by atoms with E-state index in [9.17, 15) is 9.59 Å². The van der Waals surface area contributed by atoms with E-state index in [4.69, 9.17) is 11.5 Å². The molecule has 100 valence electrons. The third kappa shape index (κ3) is 1.43. The molecule has 0 aromatic rings. The molecule has 2 bridgehead atoms. The van der Waals surface area contributed by atoms with Gasteiger partial charge in [-0.3, -0.25) is 9.59 Å². The average Bonchev–Trinajstić information content (AvgIpc) is 3.03. The van der Waals surface area contributed by atoms with E-state index >= 15 is 0 Å². The van der Waals surface area contributed by atoms with E-state index in [2.05, 4.69) is 11.9 Å². The first-order valence-corrected chi connectivity index (χ1v) is 6.78. The van der Waals surface area contributed by atoms with Crippen molar-refractivity contribution in [2.24, 2.45) is 28.7 Å². The molecular formula is C13H21N3O2. The van der Waals surface area contributed by atoms with Crippen molar-refractivity contribution in [1.29, 1.82) is 0 Å². The lowest BCUT2D eigenvalue weighted by Crippen LogP contribution is -2.44. The van der Waals surface area contributed by atoms with E-state index in [0.717, 1.165) is 12.8 Å². The Kier molecular flexibility index (Phi) is 2.46. The molecule has 2 amide bonds. The molecule has 3 aliphatic rings. The molecule has 0 spiro atoms. The summed E-state index contributed by atoms with van der Waals surface area (Å²) in [7, 11) is 2.18. The number of carbonyl (C=O) groups is 2. The fraction of sp³-hybridized carbons (Fsp3) is 0.846. The van der Waals surface area contributed by atoms with Crippen molar-refractivity contribution in [3.05, 3.63) is 0 Å². The van der Waals surface area contributed by atoms with Crippen molar-refractivity contribution >= 4 is 11.8 Å². The fourth-order valence-corrected chi connectivity index (χ4v) is 4.33. The van der Waals surface area contributed by atoms with Gasteiger partial charge in [-0.05, 0) is 51.0 Å². The molecule has 4 atom stereocenters. The molecule has 2 saturated heterocycles. The molecule has 3 fully saturated rings. The van der Waals surface area contributed by atoms with Crippen LogP contribution < -0.4 is 11.5 Å². The Morgan fingerprint density at radius 1 is 1.11 bits per heavy atom. The zero-order chi connectivity index (χ0) is 13.1. The van der Waals surface area contributed by atoms with Gasteiger partial charge >= 0.3 is 0 Å². The molecular weight excluding hydrogens is 230 g/mol. The lowest BCUT2D eigenvalue weighted by Gasteiger charge is -2.37. The Labute approximate surface area is 107 Å². The second kappa shape index (κ2) is 3.70. The zero-order valence-electron chi connectivity index (χ0n) is 10.8. The van der Waals surface area contributed by atoms with Crippen LogP contribution in [0.4, 0.5) is 0 Å². The third-order valence-electron chi connectivity index (χ3n) is 5.60. The van der Waals surface area contributed by atoms with E-state index in [1.54, 1.807) is 0 Å². The second-order valence-electron chi connectivity index (χ2n) is 6.29. The van der Waals surface area contributed by atoms with Crippen molar-refractivity contribution in [1.82, 2.24) is 4.90 Å². The highest BCUT2D eigenvalue weighted by molar-refractivity contribution is 6.07. The Morgan fingerprint density at radius 3 is 2.00 bits per heavy atom. The maximum absolute atomic E-state index is 11.5. The smallest absolute Gasteiger partial charge is 0.233 e. The molecule has 0 radical (unpaired) electrons. The fourth-order valence-electron chi connectivity index (χ4n) is 4.33. The summed E-state index contributed by atoms with van der Waals surface area (Å²) in [6, 6.07) is 1.24. The maximum Gasteiger partial charge on any atom is 0.233 e. The van der Waals surface area contributed by atoms with Crippen LogP contribution >= 0.6 is 0 Å². The average molecular weight is 251 g/mol. The van der Waals surface area contributed by atoms with Crippen LogP contribution in [0.25, 0.3) is 0 Å². The van der Waals surface area contributed by atoms with E-state index in [1.165, 1.54) is 12.8 Å². The van der Waals surface area contributed by atoms with Gasteiger partial charge in [0, 0.05) is 12.1 Å².